The molecule has 0 amide bonds. The summed E-state index contributed by atoms with van der Waals surface area (Å²) in [6, 6.07) is 8.78. The van der Waals surface area contributed by atoms with Gasteiger partial charge in [0.2, 0.25) is 0 Å². The minimum Gasteiger partial charge on any atom is -0.389 e. The van der Waals surface area contributed by atoms with Gasteiger partial charge in [-0.1, -0.05) is 25.1 Å². The highest BCUT2D eigenvalue weighted by atomic mass is 16.3. The first-order chi connectivity index (χ1) is 9.13. The van der Waals surface area contributed by atoms with Crippen LogP contribution in [0.3, 0.4) is 0 Å². The molecule has 0 unspecified atom stereocenters. The summed E-state index contributed by atoms with van der Waals surface area (Å²) in [5.74, 6) is 0. The molecule has 0 radical (unpaired) electrons. The van der Waals surface area contributed by atoms with Crippen LogP contribution in [0.1, 0.15) is 38.4 Å². The lowest BCUT2D eigenvalue weighted by Gasteiger charge is -2.38. The molecule has 1 saturated heterocycles. The SMILES string of the molecule is CCN1CCC(N(C)c2ccccc2[C@H](C)O)CC1. The number of benzene rings is 1. The molecule has 1 heterocycles. The zero-order valence-corrected chi connectivity index (χ0v) is 12.3. The van der Waals surface area contributed by atoms with Crippen molar-refractivity contribution >= 4 is 5.69 Å². The molecule has 2 rings (SSSR count). The van der Waals surface area contributed by atoms with E-state index in [0.717, 1.165) is 12.1 Å². The number of aliphatic hydroxyl groups is 1. The van der Waals surface area contributed by atoms with E-state index < -0.39 is 6.10 Å². The lowest BCUT2D eigenvalue weighted by atomic mass is 10.0. The maximum absolute atomic E-state index is 9.90. The van der Waals surface area contributed by atoms with Gasteiger partial charge in [-0.25, -0.2) is 0 Å². The van der Waals surface area contributed by atoms with Gasteiger partial charge >= 0.3 is 0 Å². The summed E-state index contributed by atoms with van der Waals surface area (Å²) in [6.07, 6.45) is 2.01. The molecule has 1 aliphatic heterocycles. The van der Waals surface area contributed by atoms with Gasteiger partial charge in [-0.05, 0) is 32.4 Å². The highest BCUT2D eigenvalue weighted by Gasteiger charge is 2.23. The molecule has 1 aromatic carbocycles. The van der Waals surface area contributed by atoms with E-state index in [2.05, 4.69) is 35.9 Å². The highest BCUT2D eigenvalue weighted by molar-refractivity contribution is 5.54. The van der Waals surface area contributed by atoms with E-state index in [-0.39, 0.29) is 0 Å². The Morgan fingerprint density at radius 2 is 1.95 bits per heavy atom. The Hall–Kier alpha value is -1.06. The first-order valence-corrected chi connectivity index (χ1v) is 7.35. The Kier molecular flexibility index (Phi) is 4.83. The maximum atomic E-state index is 9.90. The smallest absolute Gasteiger partial charge is 0.0781 e. The molecule has 1 N–H and O–H groups in total. The minimum absolute atomic E-state index is 0.408. The highest BCUT2D eigenvalue weighted by Crippen LogP contribution is 2.29. The van der Waals surface area contributed by atoms with Crippen molar-refractivity contribution in [3.8, 4) is 0 Å². The van der Waals surface area contributed by atoms with Crippen molar-refractivity contribution in [2.24, 2.45) is 0 Å². The Labute approximate surface area is 116 Å². The first-order valence-electron chi connectivity index (χ1n) is 7.35. The van der Waals surface area contributed by atoms with Gasteiger partial charge in [0.15, 0.2) is 0 Å². The van der Waals surface area contributed by atoms with Crippen LogP contribution in [0.4, 0.5) is 5.69 Å². The Balaban J connectivity index is 2.10. The van der Waals surface area contributed by atoms with Gasteiger partial charge in [-0.15, -0.1) is 0 Å². The molecular weight excluding hydrogens is 236 g/mol. The fourth-order valence-corrected chi connectivity index (χ4v) is 2.98. The molecule has 0 aliphatic carbocycles. The van der Waals surface area contributed by atoms with E-state index in [4.69, 9.17) is 0 Å². The van der Waals surface area contributed by atoms with Crippen LogP contribution in [-0.2, 0) is 0 Å². The van der Waals surface area contributed by atoms with Crippen molar-refractivity contribution in [2.75, 3.05) is 31.6 Å². The normalized spacial score (nSPS) is 19.4. The van der Waals surface area contributed by atoms with E-state index in [1.54, 1.807) is 0 Å². The summed E-state index contributed by atoms with van der Waals surface area (Å²) in [7, 11) is 2.16. The second-order valence-electron chi connectivity index (χ2n) is 5.51. The number of anilines is 1. The van der Waals surface area contributed by atoms with Crippen LogP contribution in [0.25, 0.3) is 0 Å². The molecule has 0 aromatic heterocycles. The molecule has 106 valence electrons. The summed E-state index contributed by atoms with van der Waals surface area (Å²) in [4.78, 5) is 4.86. The lowest BCUT2D eigenvalue weighted by Crippen LogP contribution is -2.43. The third kappa shape index (κ3) is 3.28. The fraction of sp³-hybridized carbons (Fsp3) is 0.625. The van der Waals surface area contributed by atoms with Crippen molar-refractivity contribution in [3.05, 3.63) is 29.8 Å². The number of hydrogen-bond donors (Lipinski definition) is 1. The number of aliphatic hydroxyl groups excluding tert-OH is 1. The summed E-state index contributed by atoms with van der Waals surface area (Å²) >= 11 is 0. The average molecular weight is 262 g/mol. The minimum atomic E-state index is -0.408. The number of rotatable bonds is 4. The van der Waals surface area contributed by atoms with Gasteiger partial charge in [0.05, 0.1) is 6.10 Å². The van der Waals surface area contributed by atoms with E-state index in [1.807, 2.05) is 19.1 Å². The van der Waals surface area contributed by atoms with E-state index >= 15 is 0 Å². The summed E-state index contributed by atoms with van der Waals surface area (Å²) in [5, 5.41) is 9.90. The summed E-state index contributed by atoms with van der Waals surface area (Å²) in [5.41, 5.74) is 2.20. The summed E-state index contributed by atoms with van der Waals surface area (Å²) in [6.45, 7) is 7.59. The molecule has 3 heteroatoms. The largest absolute Gasteiger partial charge is 0.389 e. The quantitative estimate of drug-likeness (QED) is 0.903. The number of nitrogens with zero attached hydrogens (tertiary/aromatic N) is 2. The molecule has 1 aliphatic rings. The van der Waals surface area contributed by atoms with Crippen LogP contribution in [0.5, 0.6) is 0 Å². The monoisotopic (exact) mass is 262 g/mol. The predicted octanol–water partition coefficient (Wildman–Crippen LogP) is 2.66. The van der Waals surface area contributed by atoms with Gasteiger partial charge in [0, 0.05) is 37.4 Å². The summed E-state index contributed by atoms with van der Waals surface area (Å²) < 4.78 is 0. The van der Waals surface area contributed by atoms with E-state index in [9.17, 15) is 5.11 Å². The lowest BCUT2D eigenvalue weighted by molar-refractivity contribution is 0.198. The molecule has 0 spiro atoms. The zero-order valence-electron chi connectivity index (χ0n) is 12.3. The topological polar surface area (TPSA) is 26.7 Å². The second kappa shape index (κ2) is 6.40. The predicted molar refractivity (Wildman–Crippen MR) is 80.6 cm³/mol. The molecule has 0 bridgehead atoms. The van der Waals surface area contributed by atoms with Gasteiger partial charge < -0.3 is 14.9 Å². The van der Waals surface area contributed by atoms with Crippen molar-refractivity contribution in [1.29, 1.82) is 0 Å². The molecule has 0 saturated carbocycles. The van der Waals surface area contributed by atoms with E-state index in [0.29, 0.717) is 6.04 Å². The first kappa shape index (κ1) is 14.4. The third-order valence-electron chi connectivity index (χ3n) is 4.32. The number of piperidine rings is 1. The Bertz CT molecular complexity index is 397. The molecule has 1 aromatic rings. The van der Waals surface area contributed by atoms with Crippen LogP contribution in [0.2, 0.25) is 0 Å². The van der Waals surface area contributed by atoms with Crippen molar-refractivity contribution in [2.45, 2.75) is 38.8 Å². The standard InChI is InChI=1S/C16H26N2O/c1-4-18-11-9-14(10-12-18)17(3)16-8-6-5-7-15(16)13(2)19/h5-8,13-14,19H,4,9-12H2,1-3H3/t13-/m0/s1. The second-order valence-corrected chi connectivity index (χ2v) is 5.51. The molecular formula is C16H26N2O. The average Bonchev–Trinajstić information content (AvgIpc) is 2.46. The van der Waals surface area contributed by atoms with Gasteiger partial charge in [-0.2, -0.15) is 0 Å². The van der Waals surface area contributed by atoms with Crippen molar-refractivity contribution < 1.29 is 5.11 Å². The number of hydrogen-bond acceptors (Lipinski definition) is 3. The Morgan fingerprint density at radius 3 is 2.53 bits per heavy atom. The van der Waals surface area contributed by atoms with Crippen LogP contribution in [0, 0.1) is 0 Å². The Morgan fingerprint density at radius 1 is 1.32 bits per heavy atom. The molecule has 3 nitrogen and oxygen atoms in total. The van der Waals surface area contributed by atoms with Crippen molar-refractivity contribution in [1.82, 2.24) is 4.90 Å². The van der Waals surface area contributed by atoms with Crippen LogP contribution >= 0.6 is 0 Å². The van der Waals surface area contributed by atoms with Crippen molar-refractivity contribution in [3.63, 3.8) is 0 Å². The van der Waals surface area contributed by atoms with Gasteiger partial charge in [-0.3, -0.25) is 0 Å². The van der Waals surface area contributed by atoms with E-state index in [1.165, 1.54) is 31.6 Å². The van der Waals surface area contributed by atoms with Crippen LogP contribution in [-0.4, -0.2) is 42.7 Å². The fourth-order valence-electron chi connectivity index (χ4n) is 2.98. The van der Waals surface area contributed by atoms with Gasteiger partial charge in [0.25, 0.3) is 0 Å². The maximum Gasteiger partial charge on any atom is 0.0781 e. The van der Waals surface area contributed by atoms with Gasteiger partial charge in [0.1, 0.15) is 0 Å². The van der Waals surface area contributed by atoms with Crippen LogP contribution in [0.15, 0.2) is 24.3 Å². The molecule has 1 atom stereocenters. The van der Waals surface area contributed by atoms with Crippen LogP contribution < -0.4 is 4.90 Å². The number of likely N-dealkylation sites (tertiary alicyclic amines) is 1. The number of para-hydroxylation sites is 1. The third-order valence-corrected chi connectivity index (χ3v) is 4.32. The zero-order chi connectivity index (χ0) is 13.8. The molecule has 19 heavy (non-hydrogen) atoms. The molecule has 1 fully saturated rings.